The number of aromatic nitrogens is 2. The highest BCUT2D eigenvalue weighted by Crippen LogP contribution is 2.43. The molecule has 0 atom stereocenters. The fraction of sp³-hybridized carbons (Fsp3) is 0.421. The largest absolute Gasteiger partial charge is 0.478 e. The third-order valence-electron chi connectivity index (χ3n) is 5.24. The normalized spacial score (nSPS) is 15.4. The Balaban J connectivity index is 1.63. The summed E-state index contributed by atoms with van der Waals surface area (Å²) in [6.07, 6.45) is 5.92. The van der Waals surface area contributed by atoms with Crippen molar-refractivity contribution >= 4 is 11.9 Å². The number of rotatable bonds is 6. The Morgan fingerprint density at radius 2 is 2.04 bits per heavy atom. The van der Waals surface area contributed by atoms with Crippen LogP contribution in [0.3, 0.4) is 0 Å². The van der Waals surface area contributed by atoms with Crippen LogP contribution in [0.2, 0.25) is 0 Å². The van der Waals surface area contributed by atoms with E-state index in [4.69, 9.17) is 5.11 Å². The van der Waals surface area contributed by atoms with Gasteiger partial charge >= 0.3 is 5.97 Å². The SMILES string of the molecule is Cc1ccc(C2(CNC(=O)Cn3cc(C(=O)O)cn3)CCC2)cc1C. The van der Waals surface area contributed by atoms with Crippen LogP contribution in [0, 0.1) is 13.8 Å². The zero-order valence-corrected chi connectivity index (χ0v) is 14.6. The minimum atomic E-state index is -1.05. The van der Waals surface area contributed by atoms with Crippen LogP contribution in [0.1, 0.15) is 46.3 Å². The first-order chi connectivity index (χ1) is 11.9. The van der Waals surface area contributed by atoms with Gasteiger partial charge in [0.2, 0.25) is 5.91 Å². The maximum absolute atomic E-state index is 12.2. The third-order valence-corrected chi connectivity index (χ3v) is 5.24. The predicted octanol–water partition coefficient (Wildman–Crippen LogP) is 2.44. The maximum Gasteiger partial charge on any atom is 0.338 e. The van der Waals surface area contributed by atoms with E-state index in [1.807, 2.05) is 0 Å². The minimum absolute atomic E-state index is 0.0183. The van der Waals surface area contributed by atoms with Crippen molar-refractivity contribution in [1.82, 2.24) is 15.1 Å². The van der Waals surface area contributed by atoms with Crippen molar-refractivity contribution in [1.29, 1.82) is 0 Å². The lowest BCUT2D eigenvalue weighted by Crippen LogP contribution is -2.46. The maximum atomic E-state index is 12.2. The first-order valence-electron chi connectivity index (χ1n) is 8.50. The van der Waals surface area contributed by atoms with E-state index < -0.39 is 5.97 Å². The molecule has 6 nitrogen and oxygen atoms in total. The molecule has 2 N–H and O–H groups in total. The van der Waals surface area contributed by atoms with E-state index in [2.05, 4.69) is 42.5 Å². The molecule has 1 aliphatic carbocycles. The molecule has 132 valence electrons. The number of benzene rings is 1. The molecule has 1 fully saturated rings. The van der Waals surface area contributed by atoms with E-state index in [0.717, 1.165) is 12.8 Å². The van der Waals surface area contributed by atoms with Gasteiger partial charge in [-0.15, -0.1) is 0 Å². The van der Waals surface area contributed by atoms with Crippen LogP contribution in [0.15, 0.2) is 30.6 Å². The van der Waals surface area contributed by atoms with Gasteiger partial charge in [-0.05, 0) is 43.4 Å². The van der Waals surface area contributed by atoms with Crippen LogP contribution in [-0.4, -0.2) is 33.3 Å². The van der Waals surface area contributed by atoms with Crippen molar-refractivity contribution in [3.8, 4) is 0 Å². The highest BCUT2D eigenvalue weighted by molar-refractivity contribution is 5.87. The first kappa shape index (κ1) is 17.2. The second-order valence-electron chi connectivity index (χ2n) is 6.94. The summed E-state index contributed by atoms with van der Waals surface area (Å²) >= 11 is 0. The number of aromatic carboxylic acids is 1. The van der Waals surface area contributed by atoms with Gasteiger partial charge in [0.25, 0.3) is 0 Å². The van der Waals surface area contributed by atoms with Crippen LogP contribution < -0.4 is 5.32 Å². The van der Waals surface area contributed by atoms with Crippen molar-refractivity contribution in [2.24, 2.45) is 0 Å². The summed E-state index contributed by atoms with van der Waals surface area (Å²) in [4.78, 5) is 23.1. The molecule has 0 saturated heterocycles. The Morgan fingerprint density at radius 1 is 1.28 bits per heavy atom. The van der Waals surface area contributed by atoms with Crippen LogP contribution >= 0.6 is 0 Å². The van der Waals surface area contributed by atoms with Gasteiger partial charge in [-0.3, -0.25) is 9.48 Å². The summed E-state index contributed by atoms with van der Waals surface area (Å²) < 4.78 is 1.35. The number of hydrogen-bond acceptors (Lipinski definition) is 3. The van der Waals surface area contributed by atoms with E-state index >= 15 is 0 Å². The molecule has 2 aromatic rings. The molecule has 3 rings (SSSR count). The third kappa shape index (κ3) is 3.57. The van der Waals surface area contributed by atoms with Gasteiger partial charge in [-0.1, -0.05) is 24.6 Å². The Labute approximate surface area is 146 Å². The van der Waals surface area contributed by atoms with E-state index in [-0.39, 0.29) is 23.4 Å². The number of amides is 1. The smallest absolute Gasteiger partial charge is 0.338 e. The van der Waals surface area contributed by atoms with Gasteiger partial charge in [0.15, 0.2) is 0 Å². The molecule has 1 saturated carbocycles. The molecule has 0 unspecified atom stereocenters. The van der Waals surface area contributed by atoms with Crippen LogP contribution in [0.25, 0.3) is 0 Å². The number of carbonyl (C=O) groups excluding carboxylic acids is 1. The molecular formula is C19H23N3O3. The first-order valence-corrected chi connectivity index (χ1v) is 8.50. The van der Waals surface area contributed by atoms with Crippen LogP contribution in [0.5, 0.6) is 0 Å². The van der Waals surface area contributed by atoms with E-state index in [1.165, 1.54) is 40.2 Å². The van der Waals surface area contributed by atoms with Gasteiger partial charge in [-0.2, -0.15) is 5.10 Å². The van der Waals surface area contributed by atoms with Gasteiger partial charge in [0, 0.05) is 18.2 Å². The van der Waals surface area contributed by atoms with E-state index in [9.17, 15) is 9.59 Å². The summed E-state index contributed by atoms with van der Waals surface area (Å²) in [6, 6.07) is 6.54. The van der Waals surface area contributed by atoms with Gasteiger partial charge in [0.1, 0.15) is 6.54 Å². The Morgan fingerprint density at radius 3 is 2.60 bits per heavy atom. The molecule has 0 spiro atoms. The summed E-state index contributed by atoms with van der Waals surface area (Å²) in [7, 11) is 0. The fourth-order valence-electron chi connectivity index (χ4n) is 3.27. The number of carbonyl (C=O) groups is 2. The van der Waals surface area contributed by atoms with E-state index in [0.29, 0.717) is 6.54 Å². The molecule has 1 heterocycles. The van der Waals surface area contributed by atoms with Crippen molar-refractivity contribution in [2.75, 3.05) is 6.54 Å². The monoisotopic (exact) mass is 341 g/mol. The predicted molar refractivity (Wildman–Crippen MR) is 93.6 cm³/mol. The molecule has 0 bridgehead atoms. The molecule has 6 heteroatoms. The highest BCUT2D eigenvalue weighted by Gasteiger charge is 2.38. The summed E-state index contributed by atoms with van der Waals surface area (Å²) in [5.41, 5.74) is 3.93. The lowest BCUT2D eigenvalue weighted by Gasteiger charge is -2.43. The lowest BCUT2D eigenvalue weighted by molar-refractivity contribution is -0.122. The molecule has 0 radical (unpaired) electrons. The van der Waals surface area contributed by atoms with Crippen molar-refractivity contribution in [2.45, 2.75) is 45.1 Å². The Hall–Kier alpha value is -2.63. The lowest BCUT2D eigenvalue weighted by atomic mass is 9.64. The Kier molecular flexibility index (Phi) is 4.61. The molecule has 1 aliphatic rings. The standard InChI is InChI=1S/C19H23N3O3/c1-13-4-5-16(8-14(13)2)19(6-3-7-19)12-20-17(23)11-22-10-15(9-21-22)18(24)25/h4-5,8-10H,3,6-7,11-12H2,1-2H3,(H,20,23)(H,24,25). The van der Waals surface area contributed by atoms with Crippen molar-refractivity contribution in [3.05, 3.63) is 52.8 Å². The second kappa shape index (κ2) is 6.70. The fourth-order valence-corrected chi connectivity index (χ4v) is 3.27. The molecule has 0 aliphatic heterocycles. The molecule has 1 amide bonds. The van der Waals surface area contributed by atoms with Gasteiger partial charge in [-0.25, -0.2) is 4.79 Å². The zero-order chi connectivity index (χ0) is 18.0. The van der Waals surface area contributed by atoms with E-state index in [1.54, 1.807) is 0 Å². The molecular weight excluding hydrogens is 318 g/mol. The number of hydrogen-bond donors (Lipinski definition) is 2. The van der Waals surface area contributed by atoms with Crippen molar-refractivity contribution < 1.29 is 14.7 Å². The highest BCUT2D eigenvalue weighted by atomic mass is 16.4. The number of nitrogens with one attached hydrogen (secondary N) is 1. The number of carboxylic acid groups (broad SMARTS) is 1. The van der Waals surface area contributed by atoms with Crippen molar-refractivity contribution in [3.63, 3.8) is 0 Å². The van der Waals surface area contributed by atoms with Crippen LogP contribution in [-0.2, 0) is 16.8 Å². The average molecular weight is 341 g/mol. The number of aryl methyl sites for hydroxylation is 2. The summed E-state index contributed by atoms with van der Waals surface area (Å²) in [6.45, 7) is 4.84. The topological polar surface area (TPSA) is 84.2 Å². The second-order valence-corrected chi connectivity index (χ2v) is 6.94. The molecule has 25 heavy (non-hydrogen) atoms. The minimum Gasteiger partial charge on any atom is -0.478 e. The Bertz CT molecular complexity index is 806. The van der Waals surface area contributed by atoms with Gasteiger partial charge < -0.3 is 10.4 Å². The number of carboxylic acids is 1. The summed E-state index contributed by atoms with van der Waals surface area (Å²) in [5, 5.41) is 15.8. The quantitative estimate of drug-likeness (QED) is 0.845. The van der Waals surface area contributed by atoms with Crippen LogP contribution in [0.4, 0.5) is 0 Å². The molecule has 1 aromatic heterocycles. The summed E-state index contributed by atoms with van der Waals surface area (Å²) in [5.74, 6) is -1.20. The average Bonchev–Trinajstić information content (AvgIpc) is 2.98. The zero-order valence-electron chi connectivity index (χ0n) is 14.6. The number of nitrogens with zero attached hydrogens (tertiary/aromatic N) is 2. The van der Waals surface area contributed by atoms with Gasteiger partial charge in [0.05, 0.1) is 11.8 Å². The molecule has 1 aromatic carbocycles.